The molecule has 2 aromatic heterocycles. The summed E-state index contributed by atoms with van der Waals surface area (Å²) in [6, 6.07) is 10.7. The monoisotopic (exact) mass is 522 g/mol. The maximum Gasteiger partial charge on any atom is 0.416 e. The maximum atomic E-state index is 14.0. The Morgan fingerprint density at radius 1 is 1.18 bits per heavy atom. The third-order valence-corrected chi connectivity index (χ3v) is 8.05. The molecule has 4 aromatic rings. The summed E-state index contributed by atoms with van der Waals surface area (Å²) >= 11 is 8.77. The fourth-order valence-electron chi connectivity index (χ4n) is 4.10. The van der Waals surface area contributed by atoms with E-state index in [2.05, 4.69) is 4.98 Å². The maximum absolute atomic E-state index is 14.0. The van der Waals surface area contributed by atoms with E-state index in [9.17, 15) is 23.1 Å². The van der Waals surface area contributed by atoms with Crippen molar-refractivity contribution >= 4 is 34.7 Å². The van der Waals surface area contributed by atoms with Gasteiger partial charge in [-0.15, -0.1) is 11.3 Å². The summed E-state index contributed by atoms with van der Waals surface area (Å²) in [7, 11) is 1.78. The van der Waals surface area contributed by atoms with E-state index >= 15 is 0 Å². The van der Waals surface area contributed by atoms with Crippen LogP contribution in [-0.4, -0.2) is 20.4 Å². The van der Waals surface area contributed by atoms with Gasteiger partial charge in [-0.05, 0) is 53.7 Å². The molecule has 2 aromatic carbocycles. The van der Waals surface area contributed by atoms with Crippen LogP contribution in [0.3, 0.4) is 0 Å². The van der Waals surface area contributed by atoms with Gasteiger partial charge in [0.15, 0.2) is 16.2 Å². The summed E-state index contributed by atoms with van der Waals surface area (Å²) in [6.45, 7) is 0. The molecule has 0 amide bonds. The van der Waals surface area contributed by atoms with Gasteiger partial charge in [0.25, 0.3) is 0 Å². The number of nitrogens with zero attached hydrogens (tertiary/aromatic N) is 3. The molecule has 34 heavy (non-hydrogen) atoms. The van der Waals surface area contributed by atoms with E-state index in [-0.39, 0.29) is 22.9 Å². The van der Waals surface area contributed by atoms with E-state index < -0.39 is 17.3 Å². The van der Waals surface area contributed by atoms with E-state index in [1.807, 2.05) is 4.57 Å². The number of aromatic nitrogens is 3. The summed E-state index contributed by atoms with van der Waals surface area (Å²) in [5.74, 6) is 0.601. The predicted octanol–water partition coefficient (Wildman–Crippen LogP) is 5.54. The van der Waals surface area contributed by atoms with Gasteiger partial charge in [0.2, 0.25) is 0 Å². The van der Waals surface area contributed by atoms with Crippen LogP contribution >= 0.6 is 34.7 Å². The second-order valence-corrected chi connectivity index (χ2v) is 10.3. The standard InChI is InChI=1S/C23H15ClF3N3O2S2/c1-29-19(12-5-7-15(31)8-6-12)18(13-3-2-4-14(9-13)23(25,26)27)20(32)30-16(11-33-22(29)30)17-10-28-21(24)34-17/h2-10,16H,11H2,1H3/p+1/t16-/m1/s1. The average molecular weight is 523 g/mol. The van der Waals surface area contributed by atoms with Crippen LogP contribution in [-0.2, 0) is 13.2 Å². The van der Waals surface area contributed by atoms with Crippen LogP contribution in [0.25, 0.3) is 22.4 Å². The number of benzene rings is 2. The first kappa shape index (κ1) is 22.9. The number of thiazole rings is 1. The van der Waals surface area contributed by atoms with Gasteiger partial charge in [-0.3, -0.25) is 0 Å². The zero-order valence-electron chi connectivity index (χ0n) is 17.5. The Bertz CT molecular complexity index is 1470. The van der Waals surface area contributed by atoms with Gasteiger partial charge in [-0.1, -0.05) is 23.7 Å². The smallest absolute Gasteiger partial charge is 0.416 e. The predicted molar refractivity (Wildman–Crippen MR) is 125 cm³/mol. The highest BCUT2D eigenvalue weighted by molar-refractivity contribution is 7.99. The summed E-state index contributed by atoms with van der Waals surface area (Å²) in [4.78, 5) is 18.9. The van der Waals surface area contributed by atoms with Gasteiger partial charge in [-0.2, -0.15) is 17.7 Å². The van der Waals surface area contributed by atoms with E-state index in [0.717, 1.165) is 17.0 Å². The molecule has 1 aliphatic rings. The number of hydrogen-bond acceptors (Lipinski definition) is 5. The van der Waals surface area contributed by atoms with Gasteiger partial charge in [0.1, 0.15) is 11.3 Å². The van der Waals surface area contributed by atoms with Crippen molar-refractivity contribution in [2.75, 3.05) is 5.75 Å². The molecule has 1 aliphatic heterocycles. The first-order valence-electron chi connectivity index (χ1n) is 10.0. The Hall–Kier alpha value is -2.82. The molecule has 11 heteroatoms. The minimum Gasteiger partial charge on any atom is -0.508 e. The SMILES string of the molecule is C[n+]1c(-c2ccc(O)cc2)c(-c2cccc(C(F)(F)F)c2)c(=O)n2c1SC[C@@H]2c1cnc(Cl)s1. The van der Waals surface area contributed by atoms with Crippen molar-refractivity contribution in [1.29, 1.82) is 0 Å². The van der Waals surface area contributed by atoms with Crippen molar-refractivity contribution < 1.29 is 22.8 Å². The number of rotatable bonds is 3. The number of fused-ring (bicyclic) bond motifs is 1. The Kier molecular flexibility index (Phi) is 5.70. The first-order chi connectivity index (χ1) is 16.1. The fourth-order valence-corrected chi connectivity index (χ4v) is 6.52. The van der Waals surface area contributed by atoms with Crippen molar-refractivity contribution in [3.05, 3.63) is 80.0 Å². The lowest BCUT2D eigenvalue weighted by Crippen LogP contribution is -2.43. The molecule has 1 atom stereocenters. The summed E-state index contributed by atoms with van der Waals surface area (Å²) < 4.78 is 44.3. The first-order valence-corrected chi connectivity index (χ1v) is 12.2. The third-order valence-electron chi connectivity index (χ3n) is 5.62. The van der Waals surface area contributed by atoms with Gasteiger partial charge in [-0.25, -0.2) is 14.3 Å². The second-order valence-electron chi connectivity index (χ2n) is 7.71. The van der Waals surface area contributed by atoms with Crippen LogP contribution in [0.15, 0.2) is 64.7 Å². The topological polar surface area (TPSA) is 59.0 Å². The van der Waals surface area contributed by atoms with Crippen LogP contribution in [0.4, 0.5) is 13.2 Å². The zero-order valence-corrected chi connectivity index (χ0v) is 19.9. The molecule has 0 spiro atoms. The van der Waals surface area contributed by atoms with Gasteiger partial charge in [0.05, 0.1) is 23.2 Å². The van der Waals surface area contributed by atoms with E-state index in [1.54, 1.807) is 29.9 Å². The second kappa shape index (κ2) is 8.44. The van der Waals surface area contributed by atoms with E-state index in [1.165, 1.54) is 47.4 Å². The number of halogens is 4. The number of alkyl halides is 3. The number of phenolic OH excluding ortho intramolecular Hbond substituents is 1. The summed E-state index contributed by atoms with van der Waals surface area (Å²) in [5.41, 5.74) is 0.117. The summed E-state index contributed by atoms with van der Waals surface area (Å²) in [5, 5.41) is 10.4. The zero-order chi connectivity index (χ0) is 24.2. The van der Waals surface area contributed by atoms with Gasteiger partial charge in [0, 0.05) is 11.8 Å². The minimum absolute atomic E-state index is 0.0430. The summed E-state index contributed by atoms with van der Waals surface area (Å²) in [6.07, 6.45) is -2.93. The molecule has 0 bridgehead atoms. The number of hydrogen-bond donors (Lipinski definition) is 1. The number of thioether (sulfide) groups is 1. The van der Waals surface area contributed by atoms with Crippen molar-refractivity contribution in [1.82, 2.24) is 9.55 Å². The molecule has 5 rings (SSSR count). The fraction of sp³-hybridized carbons (Fsp3) is 0.174. The molecule has 0 saturated carbocycles. The lowest BCUT2D eigenvalue weighted by atomic mass is 9.98. The van der Waals surface area contributed by atoms with Gasteiger partial charge >= 0.3 is 16.9 Å². The van der Waals surface area contributed by atoms with Gasteiger partial charge < -0.3 is 5.11 Å². The number of aromatic hydroxyl groups is 1. The van der Waals surface area contributed by atoms with E-state index in [0.29, 0.717) is 26.6 Å². The van der Waals surface area contributed by atoms with Crippen molar-refractivity contribution in [2.24, 2.45) is 7.05 Å². The highest BCUT2D eigenvalue weighted by Crippen LogP contribution is 2.40. The largest absolute Gasteiger partial charge is 0.508 e. The molecule has 0 radical (unpaired) electrons. The molecule has 0 aliphatic carbocycles. The quantitative estimate of drug-likeness (QED) is 0.284. The molecular weight excluding hydrogens is 507 g/mol. The average Bonchev–Trinajstić information content (AvgIpc) is 3.43. The van der Waals surface area contributed by atoms with Crippen LogP contribution in [0, 0.1) is 0 Å². The van der Waals surface area contributed by atoms with Crippen LogP contribution in [0.2, 0.25) is 4.47 Å². The molecule has 174 valence electrons. The molecule has 1 N–H and O–H groups in total. The van der Waals surface area contributed by atoms with Crippen LogP contribution < -0.4 is 10.1 Å². The van der Waals surface area contributed by atoms with Crippen molar-refractivity contribution in [3.8, 4) is 28.1 Å². The van der Waals surface area contributed by atoms with Crippen molar-refractivity contribution in [2.45, 2.75) is 17.4 Å². The lowest BCUT2D eigenvalue weighted by Gasteiger charge is -2.15. The van der Waals surface area contributed by atoms with E-state index in [4.69, 9.17) is 11.6 Å². The Morgan fingerprint density at radius 3 is 2.56 bits per heavy atom. The molecule has 0 fully saturated rings. The van der Waals surface area contributed by atoms with Crippen molar-refractivity contribution in [3.63, 3.8) is 0 Å². The molecule has 0 unspecified atom stereocenters. The minimum atomic E-state index is -4.55. The molecular formula is C23H16ClF3N3O2S2+. The Morgan fingerprint density at radius 2 is 1.91 bits per heavy atom. The highest BCUT2D eigenvalue weighted by atomic mass is 35.5. The normalized spacial score (nSPS) is 15.5. The Balaban J connectivity index is 1.83. The number of phenols is 1. The third kappa shape index (κ3) is 3.89. The molecule has 3 heterocycles. The molecule has 0 saturated heterocycles. The molecule has 5 nitrogen and oxygen atoms in total. The van der Waals surface area contributed by atoms with Crippen LogP contribution in [0.5, 0.6) is 5.75 Å². The van der Waals surface area contributed by atoms with Crippen LogP contribution in [0.1, 0.15) is 16.5 Å². The highest BCUT2D eigenvalue weighted by Gasteiger charge is 2.40. The lowest BCUT2D eigenvalue weighted by molar-refractivity contribution is -0.704. The Labute approximate surface area is 205 Å².